The Kier molecular flexibility index (Phi) is 4.46. The van der Waals surface area contributed by atoms with Gasteiger partial charge in [-0.2, -0.15) is 0 Å². The molecule has 0 saturated carbocycles. The Morgan fingerprint density at radius 1 is 1.24 bits per heavy atom. The van der Waals surface area contributed by atoms with E-state index in [-0.39, 0.29) is 0 Å². The van der Waals surface area contributed by atoms with Crippen molar-refractivity contribution in [3.8, 4) is 11.8 Å². The maximum atomic E-state index is 3.19. The summed E-state index contributed by atoms with van der Waals surface area (Å²) in [5.41, 5.74) is 2.43. The maximum absolute atomic E-state index is 3.19. The Morgan fingerprint density at radius 2 is 2.06 bits per heavy atom. The fourth-order valence-corrected chi connectivity index (χ4v) is 2.17. The Hall–Kier alpha value is -1.46. The zero-order chi connectivity index (χ0) is 11.9. The Balaban J connectivity index is 2.08. The van der Waals surface area contributed by atoms with Crippen molar-refractivity contribution in [3.05, 3.63) is 29.8 Å². The second kappa shape index (κ2) is 6.32. The number of anilines is 1. The van der Waals surface area contributed by atoms with Crippen LogP contribution in [0.5, 0.6) is 0 Å². The molecule has 1 heterocycles. The third-order valence-corrected chi connectivity index (χ3v) is 3.07. The molecule has 0 amide bonds. The smallest absolute Gasteiger partial charge is 0.0577 e. The van der Waals surface area contributed by atoms with E-state index in [2.05, 4.69) is 46.3 Å². The first-order chi connectivity index (χ1) is 8.40. The molecule has 0 aliphatic carbocycles. The van der Waals surface area contributed by atoms with E-state index in [1.165, 1.54) is 38.0 Å². The second-order valence-electron chi connectivity index (χ2n) is 4.43. The quantitative estimate of drug-likeness (QED) is 0.781. The standard InChI is InChI=1S/C15H20N2/c1-16-10-6-8-14-7-5-9-15(13-14)17-11-3-2-4-12-17/h5,7,9,13,16H,2-4,10-12H2,1H3. The van der Waals surface area contributed by atoms with Crippen LogP contribution < -0.4 is 10.2 Å². The average Bonchev–Trinajstić information content (AvgIpc) is 2.41. The highest BCUT2D eigenvalue weighted by atomic mass is 15.1. The SMILES string of the molecule is CNCC#Cc1cccc(N2CCCCC2)c1. The number of hydrogen-bond donors (Lipinski definition) is 1. The number of piperidine rings is 1. The molecular formula is C15H20N2. The van der Waals surface area contributed by atoms with Gasteiger partial charge in [0.15, 0.2) is 0 Å². The molecule has 1 aliphatic rings. The van der Waals surface area contributed by atoms with Gasteiger partial charge in [-0.1, -0.05) is 17.9 Å². The minimum atomic E-state index is 0.744. The minimum absolute atomic E-state index is 0.744. The fraction of sp³-hybridized carbons (Fsp3) is 0.467. The lowest BCUT2D eigenvalue weighted by Gasteiger charge is -2.28. The minimum Gasteiger partial charge on any atom is -0.372 e. The molecule has 1 aliphatic heterocycles. The van der Waals surface area contributed by atoms with Crippen molar-refractivity contribution < 1.29 is 0 Å². The predicted molar refractivity (Wildman–Crippen MR) is 73.3 cm³/mol. The molecule has 0 unspecified atom stereocenters. The van der Waals surface area contributed by atoms with Gasteiger partial charge in [0.1, 0.15) is 0 Å². The van der Waals surface area contributed by atoms with Crippen LogP contribution in [0.2, 0.25) is 0 Å². The van der Waals surface area contributed by atoms with Gasteiger partial charge in [0.2, 0.25) is 0 Å². The molecule has 90 valence electrons. The highest BCUT2D eigenvalue weighted by Crippen LogP contribution is 2.20. The van der Waals surface area contributed by atoms with Gasteiger partial charge in [-0.05, 0) is 44.5 Å². The van der Waals surface area contributed by atoms with E-state index >= 15 is 0 Å². The van der Waals surface area contributed by atoms with Crippen LogP contribution in [0.4, 0.5) is 5.69 Å². The van der Waals surface area contributed by atoms with Gasteiger partial charge in [-0.15, -0.1) is 0 Å². The molecule has 0 radical (unpaired) electrons. The summed E-state index contributed by atoms with van der Waals surface area (Å²) in [5, 5.41) is 3.03. The van der Waals surface area contributed by atoms with E-state index in [9.17, 15) is 0 Å². The van der Waals surface area contributed by atoms with E-state index in [0.717, 1.165) is 12.1 Å². The lowest BCUT2D eigenvalue weighted by Crippen LogP contribution is -2.29. The summed E-state index contributed by atoms with van der Waals surface area (Å²) in [4.78, 5) is 2.47. The molecule has 2 heteroatoms. The van der Waals surface area contributed by atoms with E-state index in [0.29, 0.717) is 0 Å². The van der Waals surface area contributed by atoms with Crippen LogP contribution in [0.3, 0.4) is 0 Å². The van der Waals surface area contributed by atoms with E-state index < -0.39 is 0 Å². The molecule has 0 atom stereocenters. The first-order valence-electron chi connectivity index (χ1n) is 6.38. The maximum Gasteiger partial charge on any atom is 0.0577 e. The molecule has 0 aromatic heterocycles. The number of rotatable bonds is 2. The highest BCUT2D eigenvalue weighted by molar-refractivity contribution is 5.52. The van der Waals surface area contributed by atoms with Gasteiger partial charge in [0, 0.05) is 24.3 Å². The Labute approximate surface area is 104 Å². The van der Waals surface area contributed by atoms with E-state index in [1.54, 1.807) is 0 Å². The molecule has 1 aromatic rings. The second-order valence-corrected chi connectivity index (χ2v) is 4.43. The molecule has 1 aromatic carbocycles. The van der Waals surface area contributed by atoms with Crippen molar-refractivity contribution in [2.75, 3.05) is 31.6 Å². The molecule has 2 rings (SSSR count). The van der Waals surface area contributed by atoms with Crippen molar-refractivity contribution in [3.63, 3.8) is 0 Å². The van der Waals surface area contributed by atoms with Crippen LogP contribution in [0.25, 0.3) is 0 Å². The lowest BCUT2D eigenvalue weighted by molar-refractivity contribution is 0.578. The largest absolute Gasteiger partial charge is 0.372 e. The Bertz CT molecular complexity index is 408. The van der Waals surface area contributed by atoms with Crippen LogP contribution in [0, 0.1) is 11.8 Å². The van der Waals surface area contributed by atoms with Gasteiger partial charge < -0.3 is 10.2 Å². The summed E-state index contributed by atoms with van der Waals surface area (Å²) in [6.45, 7) is 3.12. The molecule has 1 saturated heterocycles. The molecule has 2 nitrogen and oxygen atoms in total. The van der Waals surface area contributed by atoms with Crippen molar-refractivity contribution in [2.24, 2.45) is 0 Å². The highest BCUT2D eigenvalue weighted by Gasteiger charge is 2.10. The average molecular weight is 228 g/mol. The third-order valence-electron chi connectivity index (χ3n) is 3.07. The fourth-order valence-electron chi connectivity index (χ4n) is 2.17. The van der Waals surface area contributed by atoms with Crippen molar-refractivity contribution in [2.45, 2.75) is 19.3 Å². The van der Waals surface area contributed by atoms with Crippen LogP contribution in [0.1, 0.15) is 24.8 Å². The molecule has 0 bridgehead atoms. The Morgan fingerprint density at radius 3 is 2.82 bits per heavy atom. The summed E-state index contributed by atoms with van der Waals surface area (Å²) < 4.78 is 0. The summed E-state index contributed by atoms with van der Waals surface area (Å²) in [6.07, 6.45) is 4.00. The van der Waals surface area contributed by atoms with E-state index in [1.807, 2.05) is 7.05 Å². The summed E-state index contributed by atoms with van der Waals surface area (Å²) >= 11 is 0. The number of hydrogen-bond acceptors (Lipinski definition) is 2. The van der Waals surface area contributed by atoms with Crippen molar-refractivity contribution >= 4 is 5.69 Å². The van der Waals surface area contributed by atoms with Crippen LogP contribution in [0.15, 0.2) is 24.3 Å². The van der Waals surface area contributed by atoms with Crippen LogP contribution in [-0.2, 0) is 0 Å². The molecule has 1 N–H and O–H groups in total. The summed E-state index contributed by atoms with van der Waals surface area (Å²) in [6, 6.07) is 8.58. The molecule has 17 heavy (non-hydrogen) atoms. The zero-order valence-corrected chi connectivity index (χ0v) is 10.5. The third kappa shape index (κ3) is 3.51. The normalized spacial score (nSPS) is 15.2. The van der Waals surface area contributed by atoms with Crippen LogP contribution >= 0.6 is 0 Å². The first kappa shape index (κ1) is 12.0. The number of nitrogens with one attached hydrogen (secondary N) is 1. The molecular weight excluding hydrogens is 208 g/mol. The van der Waals surface area contributed by atoms with Crippen LogP contribution in [-0.4, -0.2) is 26.7 Å². The van der Waals surface area contributed by atoms with Crippen molar-refractivity contribution in [1.82, 2.24) is 5.32 Å². The van der Waals surface area contributed by atoms with E-state index in [4.69, 9.17) is 0 Å². The number of nitrogens with zero attached hydrogens (tertiary/aromatic N) is 1. The number of benzene rings is 1. The summed E-state index contributed by atoms with van der Waals surface area (Å²) in [7, 11) is 1.92. The van der Waals surface area contributed by atoms with Gasteiger partial charge in [0.25, 0.3) is 0 Å². The zero-order valence-electron chi connectivity index (χ0n) is 10.5. The summed E-state index contributed by atoms with van der Waals surface area (Å²) in [5.74, 6) is 6.29. The first-order valence-corrected chi connectivity index (χ1v) is 6.38. The monoisotopic (exact) mass is 228 g/mol. The lowest BCUT2D eigenvalue weighted by atomic mass is 10.1. The predicted octanol–water partition coefficient (Wildman–Crippen LogP) is 2.25. The van der Waals surface area contributed by atoms with Gasteiger partial charge in [-0.25, -0.2) is 0 Å². The van der Waals surface area contributed by atoms with Gasteiger partial charge in [0.05, 0.1) is 6.54 Å². The van der Waals surface area contributed by atoms with Gasteiger partial charge >= 0.3 is 0 Å². The van der Waals surface area contributed by atoms with Crippen molar-refractivity contribution in [1.29, 1.82) is 0 Å². The topological polar surface area (TPSA) is 15.3 Å². The molecule has 0 spiro atoms. The molecule has 1 fully saturated rings. The van der Waals surface area contributed by atoms with Gasteiger partial charge in [-0.3, -0.25) is 0 Å².